The average molecular weight is 404 g/mol. The second-order valence-corrected chi connectivity index (χ2v) is 7.81. The number of fused-ring (bicyclic) bond motifs is 1. The molecule has 1 amide bonds. The number of ether oxygens (including phenoxy) is 2. The zero-order valence-corrected chi connectivity index (χ0v) is 16.2. The van der Waals surface area contributed by atoms with Gasteiger partial charge in [-0.2, -0.15) is 0 Å². The van der Waals surface area contributed by atoms with Crippen LogP contribution >= 0.6 is 15.9 Å². The van der Waals surface area contributed by atoms with E-state index in [-0.39, 0.29) is 17.6 Å². The fraction of sp³-hybridized carbons (Fsp3) is 0.350. The third-order valence-corrected chi connectivity index (χ3v) is 4.76. The van der Waals surface area contributed by atoms with Crippen LogP contribution in [0.4, 0.5) is 0 Å². The van der Waals surface area contributed by atoms with E-state index in [0.717, 1.165) is 33.5 Å². The molecule has 25 heavy (non-hydrogen) atoms. The van der Waals surface area contributed by atoms with Gasteiger partial charge in [-0.3, -0.25) is 4.79 Å². The van der Waals surface area contributed by atoms with E-state index < -0.39 is 0 Å². The Bertz CT molecular complexity index is 788. The van der Waals surface area contributed by atoms with Crippen molar-refractivity contribution in [3.05, 3.63) is 58.1 Å². The quantitative estimate of drug-likeness (QED) is 0.821. The Morgan fingerprint density at radius 3 is 2.84 bits per heavy atom. The highest BCUT2D eigenvalue weighted by molar-refractivity contribution is 9.10. The van der Waals surface area contributed by atoms with Crippen molar-refractivity contribution in [2.24, 2.45) is 0 Å². The smallest absolute Gasteiger partial charge is 0.224 e. The minimum Gasteiger partial charge on any atom is -0.497 e. The molecule has 0 saturated heterocycles. The maximum atomic E-state index is 12.5. The lowest BCUT2D eigenvalue weighted by atomic mass is 9.89. The molecule has 1 aliphatic heterocycles. The largest absolute Gasteiger partial charge is 0.497 e. The number of nitrogens with one attached hydrogen (secondary N) is 1. The van der Waals surface area contributed by atoms with Gasteiger partial charge in [0.15, 0.2) is 0 Å². The fourth-order valence-corrected chi connectivity index (χ4v) is 3.61. The van der Waals surface area contributed by atoms with Gasteiger partial charge in [-0.1, -0.05) is 28.1 Å². The third-order valence-electron chi connectivity index (χ3n) is 4.27. The summed E-state index contributed by atoms with van der Waals surface area (Å²) in [7, 11) is 1.63. The molecule has 5 heteroatoms. The Hall–Kier alpha value is -2.01. The maximum absolute atomic E-state index is 12.5. The normalized spacial score (nSPS) is 18.0. The molecule has 4 nitrogen and oxygen atoms in total. The number of benzene rings is 2. The summed E-state index contributed by atoms with van der Waals surface area (Å²) < 4.78 is 12.3. The average Bonchev–Trinajstić information content (AvgIpc) is 2.53. The van der Waals surface area contributed by atoms with Gasteiger partial charge >= 0.3 is 0 Å². The first-order valence-electron chi connectivity index (χ1n) is 8.27. The summed E-state index contributed by atoms with van der Waals surface area (Å²) in [4.78, 5) is 12.5. The topological polar surface area (TPSA) is 47.6 Å². The van der Waals surface area contributed by atoms with Gasteiger partial charge < -0.3 is 14.8 Å². The van der Waals surface area contributed by atoms with Crippen LogP contribution in [-0.2, 0) is 11.2 Å². The molecule has 0 aromatic heterocycles. The zero-order chi connectivity index (χ0) is 18.0. The van der Waals surface area contributed by atoms with Gasteiger partial charge in [0, 0.05) is 22.5 Å². The predicted molar refractivity (Wildman–Crippen MR) is 101 cm³/mol. The van der Waals surface area contributed by atoms with E-state index in [9.17, 15) is 4.79 Å². The lowest BCUT2D eigenvalue weighted by Gasteiger charge is -2.38. The van der Waals surface area contributed by atoms with Crippen LogP contribution in [0.1, 0.15) is 37.4 Å². The van der Waals surface area contributed by atoms with Crippen LogP contribution in [0.3, 0.4) is 0 Å². The van der Waals surface area contributed by atoms with E-state index in [1.54, 1.807) is 7.11 Å². The molecule has 1 heterocycles. The van der Waals surface area contributed by atoms with Crippen LogP contribution in [-0.4, -0.2) is 18.6 Å². The van der Waals surface area contributed by atoms with Crippen LogP contribution in [0.2, 0.25) is 0 Å². The van der Waals surface area contributed by atoms with Crippen LogP contribution in [0, 0.1) is 0 Å². The van der Waals surface area contributed by atoms with Crippen molar-refractivity contribution in [2.45, 2.75) is 38.3 Å². The molecule has 0 radical (unpaired) electrons. The number of rotatable bonds is 4. The van der Waals surface area contributed by atoms with Gasteiger partial charge in [0.2, 0.25) is 5.91 Å². The summed E-state index contributed by atoms with van der Waals surface area (Å²) in [5.41, 5.74) is 1.61. The van der Waals surface area contributed by atoms with Gasteiger partial charge in [0.05, 0.1) is 19.6 Å². The second kappa shape index (κ2) is 7.08. The summed E-state index contributed by atoms with van der Waals surface area (Å²) in [6, 6.07) is 13.5. The Kier molecular flexibility index (Phi) is 5.04. The van der Waals surface area contributed by atoms with Crippen molar-refractivity contribution < 1.29 is 14.3 Å². The van der Waals surface area contributed by atoms with Crippen LogP contribution in [0.15, 0.2) is 46.9 Å². The molecule has 2 aromatic rings. The summed E-state index contributed by atoms with van der Waals surface area (Å²) in [5.74, 6) is 1.52. The van der Waals surface area contributed by atoms with E-state index >= 15 is 0 Å². The second-order valence-electron chi connectivity index (χ2n) is 6.90. The lowest BCUT2D eigenvalue weighted by Crippen LogP contribution is -2.41. The highest BCUT2D eigenvalue weighted by Gasteiger charge is 2.34. The Morgan fingerprint density at radius 1 is 1.32 bits per heavy atom. The summed E-state index contributed by atoms with van der Waals surface area (Å²) in [6.07, 6.45) is 1.07. The van der Waals surface area contributed by atoms with E-state index in [1.807, 2.05) is 56.3 Å². The van der Waals surface area contributed by atoms with E-state index in [0.29, 0.717) is 6.42 Å². The van der Waals surface area contributed by atoms with Crippen molar-refractivity contribution in [1.29, 1.82) is 0 Å². The number of hydrogen-bond acceptors (Lipinski definition) is 3. The molecular formula is C20H22BrNO3. The molecule has 132 valence electrons. The molecule has 2 aromatic carbocycles. The molecule has 3 rings (SSSR count). The SMILES string of the molecule is COc1ccc2c(c1)OC(C)(C)CC2NC(=O)Cc1cccc(Br)c1. The minimum absolute atomic E-state index is 0.00238. The van der Waals surface area contributed by atoms with Crippen molar-refractivity contribution in [3.8, 4) is 11.5 Å². The first-order chi connectivity index (χ1) is 11.9. The number of amides is 1. The molecule has 0 bridgehead atoms. The monoisotopic (exact) mass is 403 g/mol. The van der Waals surface area contributed by atoms with Crippen LogP contribution in [0.25, 0.3) is 0 Å². The number of halogens is 1. The summed E-state index contributed by atoms with van der Waals surface area (Å²) >= 11 is 3.44. The molecule has 1 aliphatic rings. The Morgan fingerprint density at radius 2 is 2.12 bits per heavy atom. The maximum Gasteiger partial charge on any atom is 0.224 e. The van der Waals surface area contributed by atoms with Gasteiger partial charge in [-0.15, -0.1) is 0 Å². The molecule has 1 N–H and O–H groups in total. The standard InChI is InChI=1S/C20H22BrNO3/c1-20(2)12-17(16-8-7-15(24-3)11-18(16)25-20)22-19(23)10-13-5-4-6-14(21)9-13/h4-9,11,17H,10,12H2,1-3H3,(H,22,23). The summed E-state index contributed by atoms with van der Waals surface area (Å²) in [5, 5.41) is 3.16. The van der Waals surface area contributed by atoms with Gasteiger partial charge in [-0.05, 0) is 43.7 Å². The zero-order valence-electron chi connectivity index (χ0n) is 14.6. The molecule has 0 fully saturated rings. The van der Waals surface area contributed by atoms with Gasteiger partial charge in [0.25, 0.3) is 0 Å². The molecule has 1 atom stereocenters. The van der Waals surface area contributed by atoms with Crippen LogP contribution < -0.4 is 14.8 Å². The lowest BCUT2D eigenvalue weighted by molar-refractivity contribution is -0.121. The summed E-state index contributed by atoms with van der Waals surface area (Å²) in [6.45, 7) is 4.06. The Balaban J connectivity index is 1.79. The van der Waals surface area contributed by atoms with E-state index in [2.05, 4.69) is 21.2 Å². The van der Waals surface area contributed by atoms with E-state index in [4.69, 9.17) is 9.47 Å². The first kappa shape index (κ1) is 17.8. The number of methoxy groups -OCH3 is 1. The van der Waals surface area contributed by atoms with Crippen molar-refractivity contribution in [1.82, 2.24) is 5.32 Å². The highest BCUT2D eigenvalue weighted by Crippen LogP contribution is 2.41. The Labute approximate surface area is 156 Å². The number of carbonyl (C=O) groups excluding carboxylic acids is 1. The van der Waals surface area contributed by atoms with Crippen molar-refractivity contribution in [2.75, 3.05) is 7.11 Å². The van der Waals surface area contributed by atoms with Crippen LogP contribution in [0.5, 0.6) is 11.5 Å². The van der Waals surface area contributed by atoms with Crippen molar-refractivity contribution >= 4 is 21.8 Å². The van der Waals surface area contributed by atoms with E-state index in [1.165, 1.54) is 0 Å². The first-order valence-corrected chi connectivity index (χ1v) is 9.06. The highest BCUT2D eigenvalue weighted by atomic mass is 79.9. The predicted octanol–water partition coefficient (Wildman–Crippen LogP) is 4.42. The third kappa shape index (κ3) is 4.34. The number of carbonyl (C=O) groups is 1. The van der Waals surface area contributed by atoms with Gasteiger partial charge in [-0.25, -0.2) is 0 Å². The molecule has 0 spiro atoms. The molecule has 0 aliphatic carbocycles. The fourth-order valence-electron chi connectivity index (χ4n) is 3.17. The van der Waals surface area contributed by atoms with Gasteiger partial charge in [0.1, 0.15) is 17.1 Å². The number of hydrogen-bond donors (Lipinski definition) is 1. The van der Waals surface area contributed by atoms with Crippen molar-refractivity contribution in [3.63, 3.8) is 0 Å². The molecule has 1 unspecified atom stereocenters. The molecular weight excluding hydrogens is 382 g/mol. The minimum atomic E-state index is -0.354. The molecule has 0 saturated carbocycles.